The van der Waals surface area contributed by atoms with Crippen LogP contribution < -0.4 is 10.6 Å². The Bertz CT molecular complexity index is 1110. The van der Waals surface area contributed by atoms with Gasteiger partial charge in [0.1, 0.15) is 12.6 Å². The van der Waals surface area contributed by atoms with E-state index in [4.69, 9.17) is 0 Å². The lowest BCUT2D eigenvalue weighted by Gasteiger charge is -2.31. The molecule has 2 aliphatic heterocycles. The molecule has 1 saturated carbocycles. The number of hydrogen-bond donors (Lipinski definition) is 2. The molecule has 16 heteroatoms. The van der Waals surface area contributed by atoms with Crippen molar-refractivity contribution in [3.05, 3.63) is 17.5 Å². The standard InChI is InChI=1S/C23H26F6N4O6/c24-22(25,26)17-8-15(32-39-17)21(37)33-9-12-3-1-2-4-13(12)18(33)20(36)31-14(7-11-5-6-30-19(11)35)16(34)10-38-23(27,28)29/h8,11-14,18H,1-7,9-10H2,(H,30,35)(H,31,36)/t11-,12-,13-,14?,18-/m0/s1. The Morgan fingerprint density at radius 2 is 1.87 bits per heavy atom. The summed E-state index contributed by atoms with van der Waals surface area (Å²) in [5.41, 5.74) is -0.660. The molecule has 2 N–H and O–H groups in total. The molecule has 1 aliphatic carbocycles. The third-order valence-corrected chi connectivity index (χ3v) is 7.44. The first-order valence-electron chi connectivity index (χ1n) is 12.4. The van der Waals surface area contributed by atoms with Crippen LogP contribution in [0.5, 0.6) is 0 Å². The molecule has 3 amide bonds. The number of carbonyl (C=O) groups excluding carboxylic acids is 4. The number of carbonyl (C=O) groups is 4. The highest BCUT2D eigenvalue weighted by atomic mass is 19.4. The van der Waals surface area contributed by atoms with Gasteiger partial charge in [0.2, 0.25) is 17.6 Å². The lowest BCUT2D eigenvalue weighted by molar-refractivity contribution is -0.321. The van der Waals surface area contributed by atoms with E-state index in [1.807, 2.05) is 0 Å². The molecule has 0 bridgehead atoms. The molecule has 3 aliphatic rings. The number of hydrogen-bond acceptors (Lipinski definition) is 7. The number of nitrogens with zero attached hydrogens (tertiary/aromatic N) is 2. The predicted octanol–water partition coefficient (Wildman–Crippen LogP) is 2.44. The second-order valence-electron chi connectivity index (χ2n) is 9.96. The number of amides is 3. The average Bonchev–Trinajstić information content (AvgIpc) is 3.59. The van der Waals surface area contributed by atoms with Crippen LogP contribution in [0, 0.1) is 17.8 Å². The van der Waals surface area contributed by atoms with E-state index in [-0.39, 0.29) is 18.9 Å². The maximum atomic E-state index is 13.5. The maximum Gasteiger partial charge on any atom is 0.522 e. The molecule has 0 radical (unpaired) electrons. The Balaban J connectivity index is 1.56. The van der Waals surface area contributed by atoms with Gasteiger partial charge in [0.15, 0.2) is 11.5 Å². The Kier molecular flexibility index (Phi) is 8.23. The van der Waals surface area contributed by atoms with Crippen LogP contribution in [0.1, 0.15) is 54.8 Å². The van der Waals surface area contributed by atoms with Crippen LogP contribution >= 0.6 is 0 Å². The highest BCUT2D eigenvalue weighted by Crippen LogP contribution is 2.41. The summed E-state index contributed by atoms with van der Waals surface area (Å²) < 4.78 is 84.5. The molecule has 1 aromatic heterocycles. The molecule has 3 fully saturated rings. The highest BCUT2D eigenvalue weighted by molar-refractivity contribution is 5.98. The van der Waals surface area contributed by atoms with Crippen molar-refractivity contribution < 1.29 is 54.8 Å². The summed E-state index contributed by atoms with van der Waals surface area (Å²) in [7, 11) is 0. The van der Waals surface area contributed by atoms with Gasteiger partial charge in [0, 0.05) is 25.1 Å². The maximum absolute atomic E-state index is 13.5. The van der Waals surface area contributed by atoms with Gasteiger partial charge < -0.3 is 20.1 Å². The molecule has 39 heavy (non-hydrogen) atoms. The van der Waals surface area contributed by atoms with Gasteiger partial charge in [-0.25, -0.2) is 0 Å². The number of aromatic nitrogens is 1. The van der Waals surface area contributed by atoms with Gasteiger partial charge >= 0.3 is 12.5 Å². The zero-order chi connectivity index (χ0) is 28.5. The van der Waals surface area contributed by atoms with E-state index < -0.39 is 78.0 Å². The molecule has 1 aromatic rings. The average molecular weight is 568 g/mol. The lowest BCUT2D eigenvalue weighted by atomic mass is 9.78. The van der Waals surface area contributed by atoms with E-state index in [2.05, 4.69) is 25.1 Å². The molecule has 1 unspecified atom stereocenters. The summed E-state index contributed by atoms with van der Waals surface area (Å²) in [4.78, 5) is 52.5. The first kappa shape index (κ1) is 28.8. The van der Waals surface area contributed by atoms with Gasteiger partial charge in [-0.15, -0.1) is 13.2 Å². The number of rotatable bonds is 8. The molecular formula is C23H26F6N4O6. The molecule has 216 valence electrons. The number of halogens is 6. The van der Waals surface area contributed by atoms with E-state index in [1.54, 1.807) is 0 Å². The summed E-state index contributed by atoms with van der Waals surface area (Å²) in [6.07, 6.45) is -7.29. The summed E-state index contributed by atoms with van der Waals surface area (Å²) in [6, 6.07) is -2.32. The van der Waals surface area contributed by atoms with Crippen LogP contribution in [-0.4, -0.2) is 71.7 Å². The molecule has 0 spiro atoms. The monoisotopic (exact) mass is 568 g/mol. The number of ketones is 1. The van der Waals surface area contributed by atoms with E-state index in [9.17, 15) is 45.5 Å². The fourth-order valence-electron chi connectivity index (χ4n) is 5.61. The summed E-state index contributed by atoms with van der Waals surface area (Å²) >= 11 is 0. The number of ether oxygens (including phenoxy) is 1. The molecule has 10 nitrogen and oxygen atoms in total. The fraction of sp³-hybridized carbons (Fsp3) is 0.696. The highest BCUT2D eigenvalue weighted by Gasteiger charge is 2.50. The SMILES string of the molecule is O=C(COC(F)(F)F)C(C[C@@H]1CCNC1=O)NC(=O)[C@@H]1[C@H]2CCCC[C@H]2CN1C(=O)c1cc(C(F)(F)F)on1. The second kappa shape index (κ2) is 11.1. The molecule has 3 heterocycles. The number of alkyl halides is 6. The van der Waals surface area contributed by atoms with Gasteiger partial charge in [-0.3, -0.25) is 23.9 Å². The third-order valence-electron chi connectivity index (χ3n) is 7.44. The van der Waals surface area contributed by atoms with Crippen LogP contribution in [0.3, 0.4) is 0 Å². The lowest BCUT2D eigenvalue weighted by Crippen LogP contribution is -2.54. The van der Waals surface area contributed by atoms with Crippen molar-refractivity contribution in [3.63, 3.8) is 0 Å². The van der Waals surface area contributed by atoms with E-state index in [1.165, 1.54) is 0 Å². The van der Waals surface area contributed by atoms with Gasteiger partial charge in [0.05, 0.1) is 6.04 Å². The Hall–Kier alpha value is -3.17. The topological polar surface area (TPSA) is 131 Å². The third kappa shape index (κ3) is 6.70. The molecule has 4 rings (SSSR count). The quantitative estimate of drug-likeness (QED) is 0.461. The van der Waals surface area contributed by atoms with E-state index in [0.29, 0.717) is 31.9 Å². The summed E-state index contributed by atoms with van der Waals surface area (Å²) in [5, 5.41) is 8.17. The Morgan fingerprint density at radius 1 is 1.15 bits per heavy atom. The number of likely N-dealkylation sites (tertiary alicyclic amines) is 1. The van der Waals surface area contributed by atoms with Crippen molar-refractivity contribution >= 4 is 23.5 Å². The zero-order valence-corrected chi connectivity index (χ0v) is 20.4. The van der Waals surface area contributed by atoms with Crippen molar-refractivity contribution in [3.8, 4) is 0 Å². The van der Waals surface area contributed by atoms with Gasteiger partial charge in [-0.05, 0) is 37.5 Å². The van der Waals surface area contributed by atoms with Crippen LogP contribution in [0.4, 0.5) is 26.3 Å². The van der Waals surface area contributed by atoms with Crippen LogP contribution in [0.25, 0.3) is 0 Å². The zero-order valence-electron chi connectivity index (χ0n) is 20.4. The Morgan fingerprint density at radius 3 is 2.49 bits per heavy atom. The fourth-order valence-corrected chi connectivity index (χ4v) is 5.61. The smallest absolute Gasteiger partial charge is 0.356 e. The van der Waals surface area contributed by atoms with Crippen LogP contribution in [-0.2, 0) is 25.3 Å². The number of fused-ring (bicyclic) bond motifs is 1. The van der Waals surface area contributed by atoms with Crippen molar-refractivity contribution in [2.75, 3.05) is 19.7 Å². The minimum Gasteiger partial charge on any atom is -0.356 e. The first-order valence-corrected chi connectivity index (χ1v) is 12.4. The van der Waals surface area contributed by atoms with Gasteiger partial charge in [-0.2, -0.15) is 13.2 Å². The normalized spacial score (nSPS) is 26.2. The number of nitrogens with one attached hydrogen (secondary N) is 2. The van der Waals surface area contributed by atoms with E-state index >= 15 is 0 Å². The first-order chi connectivity index (χ1) is 18.2. The Labute approximate surface area is 217 Å². The largest absolute Gasteiger partial charge is 0.522 e. The van der Waals surface area contributed by atoms with Gasteiger partial charge in [0.25, 0.3) is 5.91 Å². The van der Waals surface area contributed by atoms with Crippen molar-refractivity contribution in [2.24, 2.45) is 17.8 Å². The minimum absolute atomic E-state index is 0.0383. The van der Waals surface area contributed by atoms with Crippen molar-refractivity contribution in [1.82, 2.24) is 20.7 Å². The minimum atomic E-state index is -5.11. The summed E-state index contributed by atoms with van der Waals surface area (Å²) in [6.45, 7) is -1.07. The van der Waals surface area contributed by atoms with Crippen LogP contribution in [0.2, 0.25) is 0 Å². The van der Waals surface area contributed by atoms with E-state index in [0.717, 1.165) is 17.7 Å². The summed E-state index contributed by atoms with van der Waals surface area (Å²) in [5.74, 6) is -6.18. The molecule has 0 aromatic carbocycles. The van der Waals surface area contributed by atoms with Gasteiger partial charge in [-0.1, -0.05) is 18.0 Å². The van der Waals surface area contributed by atoms with Crippen molar-refractivity contribution in [2.45, 2.75) is 63.1 Å². The molecule has 2 saturated heterocycles. The van der Waals surface area contributed by atoms with Crippen LogP contribution in [0.15, 0.2) is 10.6 Å². The molecule has 5 atom stereocenters. The second-order valence-corrected chi connectivity index (χ2v) is 9.96. The number of Topliss-reactive ketones (excluding diaryl/α,β-unsaturated/α-hetero) is 1. The van der Waals surface area contributed by atoms with Crippen molar-refractivity contribution in [1.29, 1.82) is 0 Å². The predicted molar refractivity (Wildman–Crippen MR) is 116 cm³/mol. The molecular weight excluding hydrogens is 542 g/mol.